The molecule has 0 unspecified atom stereocenters. The summed E-state index contributed by atoms with van der Waals surface area (Å²) >= 11 is 5.77. The highest BCUT2D eigenvalue weighted by molar-refractivity contribution is 6.30. The fraction of sp³-hybridized carbons (Fsp3) is 0.545. The molecule has 4 nitrogen and oxygen atoms in total. The van der Waals surface area contributed by atoms with Crippen LogP contribution >= 0.6 is 11.6 Å². The van der Waals surface area contributed by atoms with Crippen molar-refractivity contribution in [3.8, 4) is 5.75 Å². The topological polar surface area (TPSA) is 43.4 Å². The third-order valence-corrected chi connectivity index (χ3v) is 2.14. The Bertz CT molecular complexity index is 297. The quantitative estimate of drug-likeness (QED) is 0.708. The molecule has 0 amide bonds. The van der Waals surface area contributed by atoms with Crippen LogP contribution in [0.2, 0.25) is 5.02 Å². The van der Waals surface area contributed by atoms with Crippen LogP contribution in [0.15, 0.2) is 18.5 Å². The van der Waals surface area contributed by atoms with Crippen molar-refractivity contribution in [3.05, 3.63) is 23.5 Å². The maximum Gasteiger partial charge on any atom is 0.139 e. The summed E-state index contributed by atoms with van der Waals surface area (Å²) in [7, 11) is 1.69. The first-order valence-electron chi connectivity index (χ1n) is 5.26. The second kappa shape index (κ2) is 8.33. The molecule has 0 aliphatic heterocycles. The molecule has 16 heavy (non-hydrogen) atoms. The molecule has 1 rings (SSSR count). The van der Waals surface area contributed by atoms with Crippen LogP contribution in [0, 0.1) is 0 Å². The van der Waals surface area contributed by atoms with E-state index in [4.69, 9.17) is 21.1 Å². The average Bonchev–Trinajstić information content (AvgIpc) is 2.28. The van der Waals surface area contributed by atoms with E-state index in [1.807, 2.05) is 0 Å². The van der Waals surface area contributed by atoms with Gasteiger partial charge in [-0.1, -0.05) is 11.6 Å². The van der Waals surface area contributed by atoms with Crippen LogP contribution in [0.5, 0.6) is 5.75 Å². The predicted octanol–water partition coefficient (Wildman–Crippen LogP) is 1.74. The summed E-state index contributed by atoms with van der Waals surface area (Å²) in [6, 6.07) is 1.76. The molecular formula is C11H17ClN2O2. The molecule has 90 valence electrons. The van der Waals surface area contributed by atoms with Crippen LogP contribution in [-0.2, 0) is 4.74 Å². The van der Waals surface area contributed by atoms with Gasteiger partial charge in [-0.25, -0.2) is 0 Å². The van der Waals surface area contributed by atoms with Crippen molar-refractivity contribution in [1.82, 2.24) is 10.3 Å². The second-order valence-electron chi connectivity index (χ2n) is 3.28. The molecule has 1 aromatic rings. The molecule has 0 saturated heterocycles. The van der Waals surface area contributed by atoms with Crippen molar-refractivity contribution < 1.29 is 9.47 Å². The smallest absolute Gasteiger partial charge is 0.139 e. The molecule has 0 aliphatic rings. The fourth-order valence-electron chi connectivity index (χ4n) is 1.16. The van der Waals surface area contributed by atoms with Gasteiger partial charge in [-0.2, -0.15) is 0 Å². The lowest BCUT2D eigenvalue weighted by molar-refractivity contribution is 0.198. The van der Waals surface area contributed by atoms with Crippen molar-refractivity contribution in [3.63, 3.8) is 0 Å². The zero-order valence-corrected chi connectivity index (χ0v) is 10.2. The van der Waals surface area contributed by atoms with Crippen molar-refractivity contribution in [1.29, 1.82) is 0 Å². The van der Waals surface area contributed by atoms with Crippen LogP contribution < -0.4 is 10.1 Å². The Morgan fingerprint density at radius 1 is 1.31 bits per heavy atom. The number of hydrogen-bond acceptors (Lipinski definition) is 4. The molecular weight excluding hydrogens is 228 g/mol. The Balaban J connectivity index is 2.03. The van der Waals surface area contributed by atoms with Gasteiger partial charge in [0.2, 0.25) is 0 Å². The van der Waals surface area contributed by atoms with E-state index in [1.165, 1.54) is 0 Å². The lowest BCUT2D eigenvalue weighted by Crippen LogP contribution is -2.21. The number of rotatable bonds is 8. The van der Waals surface area contributed by atoms with Crippen LogP contribution in [0.4, 0.5) is 0 Å². The van der Waals surface area contributed by atoms with Gasteiger partial charge in [-0.3, -0.25) is 4.98 Å². The molecule has 1 N–H and O–H groups in total. The lowest BCUT2D eigenvalue weighted by atomic mass is 10.4. The maximum atomic E-state index is 5.77. The van der Waals surface area contributed by atoms with Crippen molar-refractivity contribution in [2.75, 3.05) is 33.4 Å². The Morgan fingerprint density at radius 3 is 2.94 bits per heavy atom. The van der Waals surface area contributed by atoms with Gasteiger partial charge in [-0.15, -0.1) is 0 Å². The Hall–Kier alpha value is -0.840. The molecule has 0 radical (unpaired) electrons. The Labute approximate surface area is 101 Å². The van der Waals surface area contributed by atoms with Gasteiger partial charge in [0.1, 0.15) is 5.75 Å². The summed E-state index contributed by atoms with van der Waals surface area (Å²) in [6.07, 6.45) is 4.18. The SMILES string of the molecule is COCCNCCCOc1cncc(Cl)c1. The highest BCUT2D eigenvalue weighted by Crippen LogP contribution is 2.14. The molecule has 1 aromatic heterocycles. The van der Waals surface area contributed by atoms with Crippen LogP contribution in [0.1, 0.15) is 6.42 Å². The first-order valence-corrected chi connectivity index (χ1v) is 5.63. The summed E-state index contributed by atoms with van der Waals surface area (Å²) < 4.78 is 10.4. The van der Waals surface area contributed by atoms with E-state index in [9.17, 15) is 0 Å². The molecule has 0 bridgehead atoms. The van der Waals surface area contributed by atoms with Gasteiger partial charge < -0.3 is 14.8 Å². The van der Waals surface area contributed by atoms with Crippen molar-refractivity contribution in [2.24, 2.45) is 0 Å². The van der Waals surface area contributed by atoms with Gasteiger partial charge >= 0.3 is 0 Å². The molecule has 0 spiro atoms. The molecule has 0 fully saturated rings. The Kier molecular flexibility index (Phi) is 6.88. The third-order valence-electron chi connectivity index (χ3n) is 1.93. The average molecular weight is 245 g/mol. The zero-order valence-electron chi connectivity index (χ0n) is 9.41. The lowest BCUT2D eigenvalue weighted by Gasteiger charge is -2.06. The van der Waals surface area contributed by atoms with E-state index < -0.39 is 0 Å². The maximum absolute atomic E-state index is 5.77. The van der Waals surface area contributed by atoms with E-state index in [1.54, 1.807) is 25.6 Å². The number of aromatic nitrogens is 1. The molecule has 0 aromatic carbocycles. The molecule has 0 saturated carbocycles. The second-order valence-corrected chi connectivity index (χ2v) is 3.72. The Morgan fingerprint density at radius 2 is 2.19 bits per heavy atom. The van der Waals surface area contributed by atoms with Crippen LogP contribution in [-0.4, -0.2) is 38.4 Å². The number of halogens is 1. The first kappa shape index (κ1) is 13.2. The normalized spacial score (nSPS) is 10.4. The third kappa shape index (κ3) is 5.90. The molecule has 0 atom stereocenters. The minimum absolute atomic E-state index is 0.593. The molecule has 1 heterocycles. The van der Waals surface area contributed by atoms with E-state index in [-0.39, 0.29) is 0 Å². The van der Waals surface area contributed by atoms with E-state index in [0.29, 0.717) is 17.4 Å². The van der Waals surface area contributed by atoms with E-state index in [2.05, 4.69) is 10.3 Å². The van der Waals surface area contributed by atoms with Gasteiger partial charge in [0.25, 0.3) is 0 Å². The highest BCUT2D eigenvalue weighted by Gasteiger charge is 1.95. The van der Waals surface area contributed by atoms with Gasteiger partial charge in [0.05, 0.1) is 24.4 Å². The number of nitrogens with one attached hydrogen (secondary N) is 1. The largest absolute Gasteiger partial charge is 0.492 e. The predicted molar refractivity (Wildman–Crippen MR) is 64.1 cm³/mol. The molecule has 5 heteroatoms. The number of ether oxygens (including phenoxy) is 2. The van der Waals surface area contributed by atoms with Crippen LogP contribution in [0.3, 0.4) is 0 Å². The minimum Gasteiger partial charge on any atom is -0.492 e. The summed E-state index contributed by atoms with van der Waals surface area (Å²) in [5.41, 5.74) is 0. The number of methoxy groups -OCH3 is 1. The van der Waals surface area contributed by atoms with Gasteiger partial charge in [0, 0.05) is 25.9 Å². The number of pyridine rings is 1. The summed E-state index contributed by atoms with van der Waals surface area (Å²) in [5.74, 6) is 0.712. The number of hydrogen-bond donors (Lipinski definition) is 1. The fourth-order valence-corrected chi connectivity index (χ4v) is 1.32. The molecule has 0 aliphatic carbocycles. The summed E-state index contributed by atoms with van der Waals surface area (Å²) in [6.45, 7) is 3.17. The van der Waals surface area contributed by atoms with E-state index in [0.717, 1.165) is 26.1 Å². The summed E-state index contributed by atoms with van der Waals surface area (Å²) in [4.78, 5) is 3.93. The monoisotopic (exact) mass is 244 g/mol. The summed E-state index contributed by atoms with van der Waals surface area (Å²) in [5, 5.41) is 3.83. The first-order chi connectivity index (χ1) is 7.83. The van der Waals surface area contributed by atoms with E-state index >= 15 is 0 Å². The highest BCUT2D eigenvalue weighted by atomic mass is 35.5. The van der Waals surface area contributed by atoms with Gasteiger partial charge in [-0.05, 0) is 13.0 Å². The van der Waals surface area contributed by atoms with Gasteiger partial charge in [0.15, 0.2) is 0 Å². The number of nitrogens with zero attached hydrogens (tertiary/aromatic N) is 1. The van der Waals surface area contributed by atoms with Crippen LogP contribution in [0.25, 0.3) is 0 Å². The van der Waals surface area contributed by atoms with Crippen molar-refractivity contribution in [2.45, 2.75) is 6.42 Å². The zero-order chi connectivity index (χ0) is 11.6. The van der Waals surface area contributed by atoms with Crippen molar-refractivity contribution >= 4 is 11.6 Å². The standard InChI is InChI=1S/C11H17ClN2O2/c1-15-6-4-13-3-2-5-16-11-7-10(12)8-14-9-11/h7-9,13H,2-6H2,1H3. The minimum atomic E-state index is 0.593.